The summed E-state index contributed by atoms with van der Waals surface area (Å²) in [7, 11) is 1.29. The molecule has 0 fully saturated rings. The van der Waals surface area contributed by atoms with Gasteiger partial charge in [0.25, 0.3) is 0 Å². The Bertz CT molecular complexity index is 357. The Morgan fingerprint density at radius 3 is 2.44 bits per heavy atom. The summed E-state index contributed by atoms with van der Waals surface area (Å²) in [6, 6.07) is 9.74. The lowest BCUT2D eigenvalue weighted by Crippen LogP contribution is -2.22. The van der Waals surface area contributed by atoms with Crippen molar-refractivity contribution in [2.75, 3.05) is 7.11 Å². The van der Waals surface area contributed by atoms with Crippen LogP contribution in [-0.2, 0) is 20.7 Å². The van der Waals surface area contributed by atoms with E-state index in [-0.39, 0.29) is 5.78 Å². The average Bonchev–Trinajstić information content (AvgIpc) is 2.35. The van der Waals surface area contributed by atoms with Gasteiger partial charge in [-0.3, -0.25) is 9.59 Å². The van der Waals surface area contributed by atoms with E-state index in [1.54, 1.807) is 6.92 Å². The SMILES string of the molecule is COC(=O)C(C)C(=O)CCc1ccccc1. The van der Waals surface area contributed by atoms with Crippen LogP contribution < -0.4 is 0 Å². The lowest BCUT2D eigenvalue weighted by molar-refractivity contribution is -0.148. The summed E-state index contributed by atoms with van der Waals surface area (Å²) in [5.41, 5.74) is 1.10. The number of methoxy groups -OCH3 is 1. The molecular weight excluding hydrogens is 204 g/mol. The molecule has 0 aliphatic rings. The molecule has 0 N–H and O–H groups in total. The van der Waals surface area contributed by atoms with Crippen LogP contribution in [0.2, 0.25) is 0 Å². The minimum atomic E-state index is -0.659. The van der Waals surface area contributed by atoms with Crippen LogP contribution >= 0.6 is 0 Å². The van der Waals surface area contributed by atoms with E-state index in [1.807, 2.05) is 30.3 Å². The summed E-state index contributed by atoms with van der Waals surface area (Å²) < 4.78 is 4.53. The number of hydrogen-bond donors (Lipinski definition) is 0. The Kier molecular flexibility index (Phi) is 4.70. The number of hydrogen-bond acceptors (Lipinski definition) is 3. The van der Waals surface area contributed by atoms with Crippen molar-refractivity contribution in [3.63, 3.8) is 0 Å². The third-order valence-electron chi connectivity index (χ3n) is 2.54. The van der Waals surface area contributed by atoms with Gasteiger partial charge in [-0.2, -0.15) is 0 Å². The first-order valence-corrected chi connectivity index (χ1v) is 5.29. The predicted molar refractivity (Wildman–Crippen MR) is 61.0 cm³/mol. The number of carbonyl (C=O) groups is 2. The molecule has 0 saturated carbocycles. The Labute approximate surface area is 95.4 Å². The fourth-order valence-corrected chi connectivity index (χ4v) is 1.44. The van der Waals surface area contributed by atoms with E-state index in [0.29, 0.717) is 12.8 Å². The van der Waals surface area contributed by atoms with E-state index >= 15 is 0 Å². The smallest absolute Gasteiger partial charge is 0.315 e. The molecule has 1 rings (SSSR count). The van der Waals surface area contributed by atoms with Crippen molar-refractivity contribution in [2.45, 2.75) is 19.8 Å². The van der Waals surface area contributed by atoms with Crippen molar-refractivity contribution in [1.29, 1.82) is 0 Å². The molecule has 86 valence electrons. The van der Waals surface area contributed by atoms with Gasteiger partial charge in [0, 0.05) is 6.42 Å². The third kappa shape index (κ3) is 3.50. The number of benzene rings is 1. The Balaban J connectivity index is 2.44. The number of carbonyl (C=O) groups excluding carboxylic acids is 2. The summed E-state index contributed by atoms with van der Waals surface area (Å²) in [5.74, 6) is -1.19. The predicted octanol–water partition coefficient (Wildman–Crippen LogP) is 2.00. The molecule has 0 saturated heterocycles. The second kappa shape index (κ2) is 6.05. The van der Waals surface area contributed by atoms with Gasteiger partial charge in [0.05, 0.1) is 7.11 Å². The zero-order valence-corrected chi connectivity index (χ0v) is 9.60. The molecule has 0 bridgehead atoms. The van der Waals surface area contributed by atoms with E-state index in [4.69, 9.17) is 0 Å². The molecular formula is C13H16O3. The van der Waals surface area contributed by atoms with Crippen LogP contribution in [0.5, 0.6) is 0 Å². The highest BCUT2D eigenvalue weighted by Gasteiger charge is 2.21. The van der Waals surface area contributed by atoms with Crippen molar-refractivity contribution in [3.05, 3.63) is 35.9 Å². The van der Waals surface area contributed by atoms with Crippen LogP contribution in [0.15, 0.2) is 30.3 Å². The summed E-state index contributed by atoms with van der Waals surface area (Å²) >= 11 is 0. The molecule has 3 heteroatoms. The minimum absolute atomic E-state index is 0.0734. The Morgan fingerprint density at radius 1 is 1.25 bits per heavy atom. The van der Waals surface area contributed by atoms with Crippen molar-refractivity contribution in [3.8, 4) is 0 Å². The van der Waals surface area contributed by atoms with E-state index in [0.717, 1.165) is 5.56 Å². The number of aryl methyl sites for hydroxylation is 1. The van der Waals surface area contributed by atoms with Gasteiger partial charge in [0.15, 0.2) is 0 Å². The van der Waals surface area contributed by atoms with Gasteiger partial charge in [-0.1, -0.05) is 30.3 Å². The van der Waals surface area contributed by atoms with Crippen LogP contribution in [-0.4, -0.2) is 18.9 Å². The second-order valence-electron chi connectivity index (χ2n) is 3.70. The summed E-state index contributed by atoms with van der Waals surface area (Å²) in [5, 5.41) is 0. The molecule has 1 aromatic carbocycles. The number of ether oxygens (including phenoxy) is 1. The number of Topliss-reactive ketones (excluding diaryl/α,β-unsaturated/α-hetero) is 1. The van der Waals surface area contributed by atoms with Crippen LogP contribution in [0, 0.1) is 5.92 Å². The van der Waals surface area contributed by atoms with Crippen LogP contribution in [0.3, 0.4) is 0 Å². The molecule has 1 atom stereocenters. The maximum Gasteiger partial charge on any atom is 0.315 e. The maximum absolute atomic E-state index is 11.6. The second-order valence-corrected chi connectivity index (χ2v) is 3.70. The highest BCUT2D eigenvalue weighted by atomic mass is 16.5. The van der Waals surface area contributed by atoms with Crippen molar-refractivity contribution >= 4 is 11.8 Å². The normalized spacial score (nSPS) is 11.9. The van der Waals surface area contributed by atoms with Gasteiger partial charge in [0.1, 0.15) is 11.7 Å². The first-order chi connectivity index (χ1) is 7.65. The standard InChI is InChI=1S/C13H16O3/c1-10(13(15)16-2)12(14)9-8-11-6-4-3-5-7-11/h3-7,10H,8-9H2,1-2H3. The highest BCUT2D eigenvalue weighted by Crippen LogP contribution is 2.08. The summed E-state index contributed by atoms with van der Waals surface area (Å²) in [6.07, 6.45) is 1.04. The average molecular weight is 220 g/mol. The molecule has 3 nitrogen and oxygen atoms in total. The number of rotatable bonds is 5. The Morgan fingerprint density at radius 2 is 1.88 bits per heavy atom. The monoisotopic (exact) mass is 220 g/mol. The van der Waals surface area contributed by atoms with Gasteiger partial charge in [0.2, 0.25) is 0 Å². The van der Waals surface area contributed by atoms with Gasteiger partial charge < -0.3 is 4.74 Å². The largest absolute Gasteiger partial charge is 0.468 e. The third-order valence-corrected chi connectivity index (χ3v) is 2.54. The molecule has 16 heavy (non-hydrogen) atoms. The highest BCUT2D eigenvalue weighted by molar-refractivity contribution is 5.98. The molecule has 0 amide bonds. The van der Waals surface area contributed by atoms with Gasteiger partial charge in [-0.15, -0.1) is 0 Å². The maximum atomic E-state index is 11.6. The molecule has 0 heterocycles. The molecule has 0 spiro atoms. The Hall–Kier alpha value is -1.64. The van der Waals surface area contributed by atoms with E-state index in [2.05, 4.69) is 4.74 Å². The summed E-state index contributed by atoms with van der Waals surface area (Å²) in [4.78, 5) is 22.7. The topological polar surface area (TPSA) is 43.4 Å². The van der Waals surface area contributed by atoms with Crippen molar-refractivity contribution < 1.29 is 14.3 Å². The quantitative estimate of drug-likeness (QED) is 0.563. The fourth-order valence-electron chi connectivity index (χ4n) is 1.44. The minimum Gasteiger partial charge on any atom is -0.468 e. The first-order valence-electron chi connectivity index (χ1n) is 5.29. The van der Waals surface area contributed by atoms with Crippen molar-refractivity contribution in [1.82, 2.24) is 0 Å². The summed E-state index contributed by atoms with van der Waals surface area (Å²) in [6.45, 7) is 1.58. The molecule has 0 aliphatic heterocycles. The number of esters is 1. The van der Waals surface area contributed by atoms with Gasteiger partial charge >= 0.3 is 5.97 Å². The van der Waals surface area contributed by atoms with Gasteiger partial charge in [-0.25, -0.2) is 0 Å². The lowest BCUT2D eigenvalue weighted by Gasteiger charge is -2.07. The van der Waals surface area contributed by atoms with Gasteiger partial charge in [-0.05, 0) is 18.9 Å². The van der Waals surface area contributed by atoms with Crippen molar-refractivity contribution in [2.24, 2.45) is 5.92 Å². The number of ketones is 1. The first kappa shape index (κ1) is 12.4. The fraction of sp³-hybridized carbons (Fsp3) is 0.385. The zero-order valence-electron chi connectivity index (χ0n) is 9.60. The van der Waals surface area contributed by atoms with Crippen LogP contribution in [0.25, 0.3) is 0 Å². The molecule has 0 aromatic heterocycles. The molecule has 0 aliphatic carbocycles. The molecule has 0 radical (unpaired) electrons. The van der Waals surface area contributed by atoms with Crippen LogP contribution in [0.4, 0.5) is 0 Å². The van der Waals surface area contributed by atoms with Crippen LogP contribution in [0.1, 0.15) is 18.9 Å². The van der Waals surface area contributed by atoms with E-state index < -0.39 is 11.9 Å². The van der Waals surface area contributed by atoms with E-state index in [9.17, 15) is 9.59 Å². The molecule has 1 unspecified atom stereocenters. The molecule has 1 aromatic rings. The zero-order chi connectivity index (χ0) is 12.0. The van der Waals surface area contributed by atoms with E-state index in [1.165, 1.54) is 7.11 Å². The lowest BCUT2D eigenvalue weighted by atomic mass is 10.00.